The second-order valence-electron chi connectivity index (χ2n) is 5.65. The number of anilines is 1. The largest absolute Gasteiger partial charge is 0.399 e. The first-order valence-electron chi connectivity index (χ1n) is 6.94. The normalized spacial score (nSPS) is 11.9. The molecule has 0 fully saturated rings. The molecule has 21 heavy (non-hydrogen) atoms. The van der Waals surface area contributed by atoms with E-state index in [0.29, 0.717) is 28.3 Å². The van der Waals surface area contributed by atoms with Gasteiger partial charge in [-0.3, -0.25) is 0 Å². The number of nitrogens with two attached hydrogens (primary N) is 1. The van der Waals surface area contributed by atoms with E-state index < -0.39 is 10.0 Å². The molecule has 6 heteroatoms. The number of hydrogen-bond acceptors (Lipinski definition) is 4. The molecule has 2 N–H and O–H groups in total. The van der Waals surface area contributed by atoms with E-state index in [1.165, 1.54) is 4.31 Å². The predicted octanol–water partition coefficient (Wildman–Crippen LogP) is 2.45. The van der Waals surface area contributed by atoms with Crippen LogP contribution in [0, 0.1) is 31.1 Å². The average Bonchev–Trinajstić information content (AvgIpc) is 2.32. The van der Waals surface area contributed by atoms with Crippen LogP contribution in [0.1, 0.15) is 31.4 Å². The van der Waals surface area contributed by atoms with Gasteiger partial charge in [-0.2, -0.15) is 9.57 Å². The minimum atomic E-state index is -3.62. The number of aryl methyl sites for hydroxylation is 2. The van der Waals surface area contributed by atoms with Crippen molar-refractivity contribution < 1.29 is 8.42 Å². The molecule has 0 radical (unpaired) electrons. The van der Waals surface area contributed by atoms with Crippen molar-refractivity contribution in [2.24, 2.45) is 5.92 Å². The van der Waals surface area contributed by atoms with Crippen molar-refractivity contribution in [3.05, 3.63) is 23.3 Å². The average molecular weight is 309 g/mol. The lowest BCUT2D eigenvalue weighted by atomic mass is 10.1. The summed E-state index contributed by atoms with van der Waals surface area (Å²) < 4.78 is 27.2. The molecular formula is C15H23N3O2S. The third kappa shape index (κ3) is 4.19. The first-order chi connectivity index (χ1) is 9.70. The molecule has 0 saturated heterocycles. The van der Waals surface area contributed by atoms with Gasteiger partial charge in [0.15, 0.2) is 0 Å². The van der Waals surface area contributed by atoms with Gasteiger partial charge in [0.25, 0.3) is 0 Å². The fraction of sp³-hybridized carbons (Fsp3) is 0.533. The fourth-order valence-corrected chi connectivity index (χ4v) is 4.43. The highest BCUT2D eigenvalue weighted by Gasteiger charge is 2.28. The Bertz CT molecular complexity index is 622. The molecule has 5 nitrogen and oxygen atoms in total. The zero-order valence-corrected chi connectivity index (χ0v) is 13.9. The summed E-state index contributed by atoms with van der Waals surface area (Å²) >= 11 is 0. The monoisotopic (exact) mass is 309 g/mol. The molecule has 0 amide bonds. The maximum atomic E-state index is 12.9. The Labute approximate surface area is 127 Å². The third-order valence-corrected chi connectivity index (χ3v) is 5.29. The SMILES string of the molecule is Cc1cc(N)cc(C)c1S(=O)(=O)N(CCC#N)CC(C)C. The maximum absolute atomic E-state index is 12.9. The summed E-state index contributed by atoms with van der Waals surface area (Å²) in [7, 11) is -3.62. The molecule has 1 aromatic carbocycles. The van der Waals surface area contributed by atoms with Crippen LogP contribution in [0.4, 0.5) is 5.69 Å². The first kappa shape index (κ1) is 17.5. The van der Waals surface area contributed by atoms with Gasteiger partial charge in [-0.05, 0) is 43.0 Å². The van der Waals surface area contributed by atoms with Gasteiger partial charge in [0.05, 0.1) is 11.0 Å². The summed E-state index contributed by atoms with van der Waals surface area (Å²) in [5, 5.41) is 8.74. The Hall–Kier alpha value is -1.58. The van der Waals surface area contributed by atoms with E-state index in [2.05, 4.69) is 0 Å². The van der Waals surface area contributed by atoms with Gasteiger partial charge in [-0.1, -0.05) is 13.8 Å². The Morgan fingerprint density at radius 1 is 1.29 bits per heavy atom. The fourth-order valence-electron chi connectivity index (χ4n) is 2.41. The first-order valence-corrected chi connectivity index (χ1v) is 8.38. The summed E-state index contributed by atoms with van der Waals surface area (Å²) in [6.07, 6.45) is 0.180. The van der Waals surface area contributed by atoms with E-state index >= 15 is 0 Å². The Balaban J connectivity index is 3.32. The van der Waals surface area contributed by atoms with Crippen molar-refractivity contribution in [1.82, 2.24) is 4.31 Å². The van der Waals surface area contributed by atoms with Crippen LogP contribution in [0.25, 0.3) is 0 Å². The molecule has 0 bridgehead atoms. The lowest BCUT2D eigenvalue weighted by Gasteiger charge is -2.25. The number of rotatable bonds is 6. The summed E-state index contributed by atoms with van der Waals surface area (Å²) in [6.45, 7) is 8.00. The van der Waals surface area contributed by atoms with Crippen LogP contribution in [0.15, 0.2) is 17.0 Å². The van der Waals surface area contributed by atoms with Gasteiger partial charge in [0.1, 0.15) is 0 Å². The highest BCUT2D eigenvalue weighted by molar-refractivity contribution is 7.89. The summed E-state index contributed by atoms with van der Waals surface area (Å²) in [5.41, 5.74) is 7.58. The molecule has 1 rings (SSSR count). The van der Waals surface area contributed by atoms with Crippen LogP contribution in [0.5, 0.6) is 0 Å². The lowest BCUT2D eigenvalue weighted by Crippen LogP contribution is -2.35. The number of nitrogens with zero attached hydrogens (tertiary/aromatic N) is 2. The molecule has 116 valence electrons. The molecule has 0 aliphatic carbocycles. The third-order valence-electron chi connectivity index (χ3n) is 3.12. The summed E-state index contributed by atoms with van der Waals surface area (Å²) in [4.78, 5) is 0.301. The number of sulfonamides is 1. The summed E-state index contributed by atoms with van der Waals surface area (Å²) in [5.74, 6) is 0.188. The smallest absolute Gasteiger partial charge is 0.243 e. The standard InChI is InChI=1S/C15H23N3O2S/c1-11(2)10-18(7-5-6-16)21(19,20)15-12(3)8-14(17)9-13(15)4/h8-9,11H,5,7,10,17H2,1-4H3. The minimum Gasteiger partial charge on any atom is -0.399 e. The van der Waals surface area contributed by atoms with Gasteiger partial charge in [-0.15, -0.1) is 0 Å². The van der Waals surface area contributed by atoms with Crippen LogP contribution in [-0.4, -0.2) is 25.8 Å². The van der Waals surface area contributed by atoms with Gasteiger partial charge in [0, 0.05) is 25.2 Å². The molecule has 1 aromatic rings. The van der Waals surface area contributed by atoms with Crippen LogP contribution in [0.3, 0.4) is 0 Å². The predicted molar refractivity (Wildman–Crippen MR) is 84.2 cm³/mol. The van der Waals surface area contributed by atoms with E-state index in [1.807, 2.05) is 19.9 Å². The molecule has 0 spiro atoms. The molecule has 0 aliphatic heterocycles. The van der Waals surface area contributed by atoms with Gasteiger partial charge in [-0.25, -0.2) is 8.42 Å². The Morgan fingerprint density at radius 2 is 1.81 bits per heavy atom. The van der Waals surface area contributed by atoms with Crippen molar-refractivity contribution in [2.75, 3.05) is 18.8 Å². The molecule has 0 saturated carbocycles. The zero-order valence-electron chi connectivity index (χ0n) is 13.0. The van der Waals surface area contributed by atoms with Crippen molar-refractivity contribution in [1.29, 1.82) is 5.26 Å². The lowest BCUT2D eigenvalue weighted by molar-refractivity contribution is 0.372. The molecular weight excluding hydrogens is 286 g/mol. The van der Waals surface area contributed by atoms with Crippen LogP contribution >= 0.6 is 0 Å². The molecule has 0 unspecified atom stereocenters. The molecule has 0 aliphatic rings. The van der Waals surface area contributed by atoms with E-state index in [-0.39, 0.29) is 18.9 Å². The second kappa shape index (κ2) is 6.92. The van der Waals surface area contributed by atoms with E-state index in [4.69, 9.17) is 11.0 Å². The molecule has 0 heterocycles. The molecule has 0 atom stereocenters. The van der Waals surface area contributed by atoms with E-state index in [9.17, 15) is 8.42 Å². The van der Waals surface area contributed by atoms with Crippen molar-refractivity contribution in [2.45, 2.75) is 39.0 Å². The number of nitriles is 1. The number of hydrogen-bond donors (Lipinski definition) is 1. The van der Waals surface area contributed by atoms with Gasteiger partial charge in [0.2, 0.25) is 10.0 Å². The van der Waals surface area contributed by atoms with Crippen molar-refractivity contribution >= 4 is 15.7 Å². The minimum absolute atomic E-state index is 0.180. The Morgan fingerprint density at radius 3 is 2.24 bits per heavy atom. The highest BCUT2D eigenvalue weighted by Crippen LogP contribution is 2.26. The van der Waals surface area contributed by atoms with Crippen LogP contribution in [-0.2, 0) is 10.0 Å². The topological polar surface area (TPSA) is 87.2 Å². The van der Waals surface area contributed by atoms with Crippen molar-refractivity contribution in [3.8, 4) is 6.07 Å². The number of benzene rings is 1. The maximum Gasteiger partial charge on any atom is 0.243 e. The van der Waals surface area contributed by atoms with Crippen LogP contribution < -0.4 is 5.73 Å². The van der Waals surface area contributed by atoms with E-state index in [1.54, 1.807) is 26.0 Å². The summed E-state index contributed by atoms with van der Waals surface area (Å²) in [6, 6.07) is 5.34. The highest BCUT2D eigenvalue weighted by atomic mass is 32.2. The van der Waals surface area contributed by atoms with Gasteiger partial charge >= 0.3 is 0 Å². The molecule has 0 aromatic heterocycles. The van der Waals surface area contributed by atoms with Gasteiger partial charge < -0.3 is 5.73 Å². The zero-order chi connectivity index (χ0) is 16.2. The second-order valence-corrected chi connectivity index (χ2v) is 7.52. The van der Waals surface area contributed by atoms with E-state index in [0.717, 1.165) is 0 Å². The number of nitrogen functional groups attached to an aromatic ring is 1. The Kier molecular flexibility index (Phi) is 5.76. The quantitative estimate of drug-likeness (QED) is 0.818. The van der Waals surface area contributed by atoms with Crippen LogP contribution in [0.2, 0.25) is 0 Å². The van der Waals surface area contributed by atoms with Crippen molar-refractivity contribution in [3.63, 3.8) is 0 Å².